The van der Waals surface area contributed by atoms with Gasteiger partial charge in [-0.25, -0.2) is 0 Å². The van der Waals surface area contributed by atoms with Crippen LogP contribution in [0.1, 0.15) is 26.3 Å². The van der Waals surface area contributed by atoms with E-state index in [4.69, 9.17) is 4.74 Å². The monoisotopic (exact) mass is 416 g/mol. The minimum Gasteiger partial charge on any atom is -0.390 e. The van der Waals surface area contributed by atoms with Crippen LogP contribution in [0.25, 0.3) is 17.0 Å². The molecule has 0 saturated carbocycles. The fourth-order valence-corrected chi connectivity index (χ4v) is 4.47. The number of aliphatic hydroxyl groups excluding tert-OH is 1. The first kappa shape index (κ1) is 19.9. The van der Waals surface area contributed by atoms with Crippen molar-refractivity contribution < 1.29 is 19.4 Å². The Labute approximate surface area is 180 Å². The lowest BCUT2D eigenvalue weighted by Gasteiger charge is -2.28. The quantitative estimate of drug-likeness (QED) is 0.512. The molecule has 1 fully saturated rings. The topological polar surface area (TPSA) is 71.8 Å². The molecule has 1 aromatic heterocycles. The molecule has 1 saturated heterocycles. The van der Waals surface area contributed by atoms with Crippen LogP contribution in [0.15, 0.2) is 60.3 Å². The summed E-state index contributed by atoms with van der Waals surface area (Å²) in [6.45, 7) is 4.06. The molecule has 1 atom stereocenters. The minimum atomic E-state index is -0.534. The summed E-state index contributed by atoms with van der Waals surface area (Å²) in [4.78, 5) is 27.8. The highest BCUT2D eigenvalue weighted by Crippen LogP contribution is 2.30. The fourth-order valence-electron chi connectivity index (χ4n) is 4.47. The van der Waals surface area contributed by atoms with Crippen LogP contribution in [0.3, 0.4) is 0 Å². The lowest BCUT2D eigenvalue weighted by molar-refractivity contribution is 0.0117. The highest BCUT2D eigenvalue weighted by atomic mass is 16.5. The molecule has 0 spiro atoms. The van der Waals surface area contributed by atoms with Gasteiger partial charge in [0.1, 0.15) is 0 Å². The van der Waals surface area contributed by atoms with E-state index in [-0.39, 0.29) is 17.1 Å². The molecule has 0 amide bonds. The number of ether oxygens (including phenoxy) is 1. The predicted octanol–water partition coefficient (Wildman–Crippen LogP) is 2.80. The molecule has 158 valence electrons. The van der Waals surface area contributed by atoms with Crippen molar-refractivity contribution in [2.45, 2.75) is 12.6 Å². The fraction of sp³-hybridized carbons (Fsp3) is 0.280. The van der Waals surface area contributed by atoms with Gasteiger partial charge in [0, 0.05) is 60.0 Å². The van der Waals surface area contributed by atoms with E-state index in [0.29, 0.717) is 37.4 Å². The number of rotatable bonds is 5. The zero-order valence-corrected chi connectivity index (χ0v) is 17.2. The summed E-state index contributed by atoms with van der Waals surface area (Å²) in [5.74, 6) is -0.463. The second kappa shape index (κ2) is 8.23. The van der Waals surface area contributed by atoms with Crippen molar-refractivity contribution in [1.29, 1.82) is 0 Å². The number of nitrogens with zero attached hydrogens (tertiary/aromatic N) is 2. The molecule has 0 bridgehead atoms. The zero-order valence-electron chi connectivity index (χ0n) is 17.2. The van der Waals surface area contributed by atoms with Crippen molar-refractivity contribution >= 4 is 28.5 Å². The summed E-state index contributed by atoms with van der Waals surface area (Å²) < 4.78 is 7.38. The molecule has 5 rings (SSSR count). The molecule has 0 radical (unpaired) electrons. The normalized spacial score (nSPS) is 17.9. The van der Waals surface area contributed by atoms with E-state index in [9.17, 15) is 14.7 Å². The second-order valence-corrected chi connectivity index (χ2v) is 8.08. The van der Waals surface area contributed by atoms with Crippen LogP contribution in [0.4, 0.5) is 0 Å². The van der Waals surface area contributed by atoms with Gasteiger partial charge in [0.25, 0.3) is 0 Å². The van der Waals surface area contributed by atoms with E-state index in [1.807, 2.05) is 35.0 Å². The van der Waals surface area contributed by atoms with Gasteiger partial charge in [-0.15, -0.1) is 0 Å². The van der Waals surface area contributed by atoms with Crippen LogP contribution in [0.5, 0.6) is 0 Å². The lowest BCUT2D eigenvalue weighted by Crippen LogP contribution is -2.41. The largest absolute Gasteiger partial charge is 0.390 e. The van der Waals surface area contributed by atoms with Crippen molar-refractivity contribution in [3.63, 3.8) is 0 Å². The minimum absolute atomic E-state index is 0.193. The van der Waals surface area contributed by atoms with Crippen LogP contribution in [-0.2, 0) is 11.3 Å². The third kappa shape index (κ3) is 3.74. The van der Waals surface area contributed by atoms with E-state index in [0.717, 1.165) is 29.6 Å². The number of ketones is 2. The SMILES string of the molecule is O=C1C(=Cc2cn(CC(O)CN3CCOCC3)c3ccccc23)C(=O)c2ccccc21. The first-order chi connectivity index (χ1) is 15.1. The Hall–Kier alpha value is -3.06. The summed E-state index contributed by atoms with van der Waals surface area (Å²) in [5.41, 5.74) is 2.88. The zero-order chi connectivity index (χ0) is 21.4. The number of carbonyl (C=O) groups is 2. The number of benzene rings is 2. The number of fused-ring (bicyclic) bond motifs is 2. The van der Waals surface area contributed by atoms with E-state index in [2.05, 4.69) is 4.90 Å². The summed E-state index contributed by atoms with van der Waals surface area (Å²) >= 11 is 0. The Morgan fingerprint density at radius 2 is 1.58 bits per heavy atom. The van der Waals surface area contributed by atoms with Gasteiger partial charge in [0.15, 0.2) is 11.6 Å². The van der Waals surface area contributed by atoms with Crippen LogP contribution < -0.4 is 0 Å². The maximum absolute atomic E-state index is 12.8. The molecule has 6 nitrogen and oxygen atoms in total. The van der Waals surface area contributed by atoms with Crippen molar-refractivity contribution in [2.24, 2.45) is 0 Å². The Morgan fingerprint density at radius 1 is 0.935 bits per heavy atom. The number of para-hydroxylation sites is 1. The molecule has 3 aromatic rings. The van der Waals surface area contributed by atoms with Crippen LogP contribution in [-0.4, -0.2) is 65.1 Å². The molecule has 2 aliphatic rings. The van der Waals surface area contributed by atoms with E-state index in [1.54, 1.807) is 30.3 Å². The number of allylic oxidation sites excluding steroid dienone is 1. The maximum atomic E-state index is 12.8. The molecule has 31 heavy (non-hydrogen) atoms. The average molecular weight is 416 g/mol. The predicted molar refractivity (Wildman–Crippen MR) is 118 cm³/mol. The number of hydrogen-bond donors (Lipinski definition) is 1. The van der Waals surface area contributed by atoms with Gasteiger partial charge in [-0.3, -0.25) is 14.5 Å². The average Bonchev–Trinajstić information content (AvgIpc) is 3.25. The Balaban J connectivity index is 1.45. The number of carbonyl (C=O) groups excluding carboxylic acids is 2. The molecule has 1 aliphatic heterocycles. The van der Waals surface area contributed by atoms with E-state index < -0.39 is 6.10 Å². The molecule has 2 heterocycles. The lowest BCUT2D eigenvalue weighted by atomic mass is 10.1. The van der Waals surface area contributed by atoms with Gasteiger partial charge < -0.3 is 14.4 Å². The number of aromatic nitrogens is 1. The highest BCUT2D eigenvalue weighted by Gasteiger charge is 2.32. The third-order valence-electron chi connectivity index (χ3n) is 6.00. The molecular formula is C25H24N2O4. The Bertz CT molecular complexity index is 1150. The van der Waals surface area contributed by atoms with Crippen molar-refractivity contribution in [2.75, 3.05) is 32.8 Å². The van der Waals surface area contributed by atoms with Crippen molar-refractivity contribution in [1.82, 2.24) is 9.47 Å². The molecular weight excluding hydrogens is 392 g/mol. The third-order valence-corrected chi connectivity index (χ3v) is 6.00. The number of hydrogen-bond acceptors (Lipinski definition) is 5. The van der Waals surface area contributed by atoms with Crippen molar-refractivity contribution in [3.8, 4) is 0 Å². The van der Waals surface area contributed by atoms with Crippen LogP contribution in [0.2, 0.25) is 0 Å². The molecule has 1 unspecified atom stereocenters. The number of Topliss-reactive ketones (excluding diaryl/α,β-unsaturated/α-hetero) is 2. The molecule has 1 N–H and O–H groups in total. The smallest absolute Gasteiger partial charge is 0.197 e. The van der Waals surface area contributed by atoms with Crippen molar-refractivity contribution in [3.05, 3.63) is 77.0 Å². The number of β-amino-alcohol motifs (C(OH)–C–C–N with tert-alkyl or cyclic N) is 1. The van der Waals surface area contributed by atoms with E-state index >= 15 is 0 Å². The highest BCUT2D eigenvalue weighted by molar-refractivity contribution is 6.41. The van der Waals surface area contributed by atoms with Crippen LogP contribution >= 0.6 is 0 Å². The molecule has 1 aliphatic carbocycles. The maximum Gasteiger partial charge on any atom is 0.197 e. The summed E-state index contributed by atoms with van der Waals surface area (Å²) in [6.07, 6.45) is 3.08. The number of aliphatic hydroxyl groups is 1. The van der Waals surface area contributed by atoms with Gasteiger partial charge in [-0.2, -0.15) is 0 Å². The summed E-state index contributed by atoms with van der Waals surface area (Å²) in [5, 5.41) is 11.6. The standard InChI is InChI=1S/C25H24N2O4/c28-18(15-26-9-11-31-12-10-26)16-27-14-17(19-5-3-4-8-23(19)27)13-22-24(29)20-6-1-2-7-21(20)25(22)30/h1-8,13-14,18,28H,9-12,15-16H2. The second-order valence-electron chi connectivity index (χ2n) is 8.08. The van der Waals surface area contributed by atoms with Gasteiger partial charge in [0.05, 0.1) is 24.9 Å². The first-order valence-electron chi connectivity index (χ1n) is 10.6. The Kier molecular flexibility index (Phi) is 5.28. The Morgan fingerprint density at radius 3 is 2.29 bits per heavy atom. The first-order valence-corrected chi connectivity index (χ1v) is 10.6. The van der Waals surface area contributed by atoms with E-state index in [1.165, 1.54) is 0 Å². The molecule has 2 aromatic carbocycles. The van der Waals surface area contributed by atoms with Gasteiger partial charge in [-0.05, 0) is 12.1 Å². The van der Waals surface area contributed by atoms with Gasteiger partial charge in [-0.1, -0.05) is 42.5 Å². The van der Waals surface area contributed by atoms with Gasteiger partial charge in [0.2, 0.25) is 0 Å². The molecule has 6 heteroatoms. The van der Waals surface area contributed by atoms with Gasteiger partial charge >= 0.3 is 0 Å². The number of morpholine rings is 1. The summed E-state index contributed by atoms with van der Waals surface area (Å²) in [7, 11) is 0. The summed E-state index contributed by atoms with van der Waals surface area (Å²) in [6, 6.07) is 14.8. The van der Waals surface area contributed by atoms with Crippen LogP contribution in [0, 0.1) is 0 Å².